The van der Waals surface area contributed by atoms with E-state index in [2.05, 4.69) is 20.3 Å². The van der Waals surface area contributed by atoms with Crippen LogP contribution in [0.4, 0.5) is 5.95 Å². The second kappa shape index (κ2) is 7.43. The number of aromatic nitrogens is 4. The molecule has 0 radical (unpaired) electrons. The first-order valence-electron chi connectivity index (χ1n) is 9.31. The lowest BCUT2D eigenvalue weighted by atomic mass is 10.0. The van der Waals surface area contributed by atoms with Crippen molar-refractivity contribution < 1.29 is 9.53 Å². The van der Waals surface area contributed by atoms with Gasteiger partial charge < -0.3 is 20.7 Å². The zero-order valence-electron chi connectivity index (χ0n) is 16.0. The van der Waals surface area contributed by atoms with E-state index in [1.54, 1.807) is 4.68 Å². The summed E-state index contributed by atoms with van der Waals surface area (Å²) in [5.41, 5.74) is 7.98. The Morgan fingerprint density at radius 2 is 2.11 bits per heavy atom. The summed E-state index contributed by atoms with van der Waals surface area (Å²) < 4.78 is 7.45. The van der Waals surface area contributed by atoms with Gasteiger partial charge in [0.05, 0.1) is 28.8 Å². The summed E-state index contributed by atoms with van der Waals surface area (Å²) >= 11 is 0. The number of ether oxygens (including phenoxy) is 1. The number of hydrogen-bond donors (Lipinski definition) is 2. The van der Waals surface area contributed by atoms with Crippen LogP contribution in [-0.2, 0) is 7.05 Å². The molecule has 0 unspecified atom stereocenters. The predicted molar refractivity (Wildman–Crippen MR) is 107 cm³/mol. The summed E-state index contributed by atoms with van der Waals surface area (Å²) in [6, 6.07) is 5.72. The van der Waals surface area contributed by atoms with Crippen molar-refractivity contribution in [3.05, 3.63) is 30.0 Å². The number of fused-ring (bicyclic) bond motifs is 1. The first kappa shape index (κ1) is 18.2. The number of nitrogens with zero attached hydrogens (tertiary/aromatic N) is 5. The van der Waals surface area contributed by atoms with E-state index in [-0.39, 0.29) is 0 Å². The van der Waals surface area contributed by atoms with Crippen LogP contribution in [0.1, 0.15) is 17.3 Å². The highest BCUT2D eigenvalue weighted by Crippen LogP contribution is 2.31. The van der Waals surface area contributed by atoms with E-state index in [0.717, 1.165) is 42.6 Å². The number of amides is 1. The Morgan fingerprint density at radius 3 is 2.82 bits per heavy atom. The minimum absolute atomic E-state index is 0.292. The number of anilines is 1. The lowest BCUT2D eigenvalue weighted by Gasteiger charge is -2.27. The van der Waals surface area contributed by atoms with E-state index >= 15 is 0 Å². The molecule has 4 rings (SSSR count). The Labute approximate surface area is 162 Å². The SMILES string of the molecule is CCOc1c2cc(-c3nc(N4CCNCC4)ncc3C(N)=O)ccc2nn1C. The zero-order valence-corrected chi connectivity index (χ0v) is 16.0. The van der Waals surface area contributed by atoms with Crippen LogP contribution in [0.5, 0.6) is 5.88 Å². The molecule has 0 aliphatic carbocycles. The standard InChI is InChI=1S/C19H23N7O2/c1-3-28-18-13-10-12(4-5-15(13)24-25(18)2)16-14(17(20)27)11-22-19(23-16)26-8-6-21-7-9-26/h4-5,10-11,21H,3,6-9H2,1-2H3,(H2,20,27). The molecule has 1 amide bonds. The van der Waals surface area contributed by atoms with E-state index in [4.69, 9.17) is 15.5 Å². The quantitative estimate of drug-likeness (QED) is 0.676. The van der Waals surface area contributed by atoms with Crippen LogP contribution in [0, 0.1) is 0 Å². The van der Waals surface area contributed by atoms with E-state index < -0.39 is 5.91 Å². The third-order valence-corrected chi connectivity index (χ3v) is 4.77. The third kappa shape index (κ3) is 3.24. The zero-order chi connectivity index (χ0) is 19.7. The number of piperazine rings is 1. The Bertz CT molecular complexity index is 1020. The highest BCUT2D eigenvalue weighted by atomic mass is 16.5. The maximum Gasteiger partial charge on any atom is 0.252 e. The fourth-order valence-corrected chi connectivity index (χ4v) is 3.42. The van der Waals surface area contributed by atoms with Crippen molar-refractivity contribution in [1.29, 1.82) is 0 Å². The molecule has 3 N–H and O–H groups in total. The molecule has 3 aromatic rings. The summed E-state index contributed by atoms with van der Waals surface area (Å²) in [5, 5.41) is 8.63. The molecule has 0 atom stereocenters. The average molecular weight is 381 g/mol. The van der Waals surface area contributed by atoms with Crippen molar-refractivity contribution in [2.24, 2.45) is 12.8 Å². The summed E-state index contributed by atoms with van der Waals surface area (Å²) in [4.78, 5) is 23.2. The third-order valence-electron chi connectivity index (χ3n) is 4.77. The van der Waals surface area contributed by atoms with Gasteiger partial charge in [0.2, 0.25) is 11.8 Å². The average Bonchev–Trinajstić information content (AvgIpc) is 3.03. The van der Waals surface area contributed by atoms with Gasteiger partial charge in [0.15, 0.2) is 0 Å². The van der Waals surface area contributed by atoms with Gasteiger partial charge in [0.25, 0.3) is 5.91 Å². The topological polar surface area (TPSA) is 111 Å². The van der Waals surface area contributed by atoms with Crippen LogP contribution in [0.2, 0.25) is 0 Å². The Hall–Kier alpha value is -3.20. The molecule has 146 valence electrons. The van der Waals surface area contributed by atoms with Crippen molar-refractivity contribution in [1.82, 2.24) is 25.1 Å². The highest BCUT2D eigenvalue weighted by Gasteiger charge is 2.20. The molecule has 1 saturated heterocycles. The smallest absolute Gasteiger partial charge is 0.252 e. The fourth-order valence-electron chi connectivity index (χ4n) is 3.42. The maximum atomic E-state index is 12.0. The first-order chi connectivity index (χ1) is 13.6. The van der Waals surface area contributed by atoms with Crippen molar-refractivity contribution in [2.45, 2.75) is 6.92 Å². The second-order valence-electron chi connectivity index (χ2n) is 6.63. The van der Waals surface area contributed by atoms with Crippen molar-refractivity contribution >= 4 is 22.8 Å². The summed E-state index contributed by atoms with van der Waals surface area (Å²) in [6.45, 7) is 5.83. The van der Waals surface area contributed by atoms with E-state index in [0.29, 0.717) is 29.7 Å². The predicted octanol–water partition coefficient (Wildman–Crippen LogP) is 0.937. The molecule has 0 bridgehead atoms. The molecule has 2 aromatic heterocycles. The van der Waals surface area contributed by atoms with Crippen molar-refractivity contribution in [3.63, 3.8) is 0 Å². The highest BCUT2D eigenvalue weighted by molar-refractivity contribution is 6.00. The van der Waals surface area contributed by atoms with Crippen molar-refractivity contribution in [2.75, 3.05) is 37.7 Å². The molecular formula is C19H23N7O2. The number of carbonyl (C=O) groups excluding carboxylic acids is 1. The van der Waals surface area contributed by atoms with Gasteiger partial charge in [-0.2, -0.15) is 5.10 Å². The lowest BCUT2D eigenvalue weighted by Crippen LogP contribution is -2.44. The van der Waals surface area contributed by atoms with Crippen LogP contribution in [-0.4, -0.2) is 58.4 Å². The van der Waals surface area contributed by atoms with E-state index in [9.17, 15) is 4.79 Å². The number of nitrogens with two attached hydrogens (primary N) is 1. The van der Waals surface area contributed by atoms with Crippen LogP contribution in [0.15, 0.2) is 24.4 Å². The molecule has 1 fully saturated rings. The number of rotatable bonds is 5. The molecule has 0 spiro atoms. The molecular weight excluding hydrogens is 358 g/mol. The lowest BCUT2D eigenvalue weighted by molar-refractivity contribution is 0.100. The number of nitrogens with one attached hydrogen (secondary N) is 1. The van der Waals surface area contributed by atoms with Gasteiger partial charge in [-0.3, -0.25) is 4.79 Å². The Morgan fingerprint density at radius 1 is 1.32 bits per heavy atom. The van der Waals surface area contributed by atoms with Gasteiger partial charge in [-0.1, -0.05) is 6.07 Å². The minimum atomic E-state index is -0.557. The number of hydrogen-bond acceptors (Lipinski definition) is 7. The van der Waals surface area contributed by atoms with Gasteiger partial charge in [0.1, 0.15) is 0 Å². The number of carbonyl (C=O) groups is 1. The molecule has 1 aliphatic rings. The Kier molecular flexibility index (Phi) is 4.82. The first-order valence-corrected chi connectivity index (χ1v) is 9.31. The van der Waals surface area contributed by atoms with Gasteiger partial charge in [-0.25, -0.2) is 14.6 Å². The summed E-state index contributed by atoms with van der Waals surface area (Å²) in [7, 11) is 1.84. The molecule has 28 heavy (non-hydrogen) atoms. The van der Waals surface area contributed by atoms with Gasteiger partial charge in [0, 0.05) is 45.0 Å². The second-order valence-corrected chi connectivity index (χ2v) is 6.63. The van der Waals surface area contributed by atoms with E-state index in [1.807, 2.05) is 32.2 Å². The molecule has 1 aliphatic heterocycles. The van der Waals surface area contributed by atoms with Gasteiger partial charge in [-0.05, 0) is 19.1 Å². The largest absolute Gasteiger partial charge is 0.478 e. The van der Waals surface area contributed by atoms with Crippen molar-refractivity contribution in [3.8, 4) is 17.1 Å². The van der Waals surface area contributed by atoms with Crippen LogP contribution < -0.4 is 20.7 Å². The van der Waals surface area contributed by atoms with Crippen LogP contribution in [0.25, 0.3) is 22.2 Å². The fraction of sp³-hybridized carbons (Fsp3) is 0.368. The summed E-state index contributed by atoms with van der Waals surface area (Å²) in [6.07, 6.45) is 1.51. The number of aryl methyl sites for hydroxylation is 1. The molecule has 1 aromatic carbocycles. The Balaban J connectivity index is 1.84. The monoisotopic (exact) mass is 381 g/mol. The normalized spacial score (nSPS) is 14.4. The molecule has 9 heteroatoms. The molecule has 3 heterocycles. The van der Waals surface area contributed by atoms with Crippen LogP contribution >= 0.6 is 0 Å². The van der Waals surface area contributed by atoms with Crippen LogP contribution in [0.3, 0.4) is 0 Å². The van der Waals surface area contributed by atoms with Gasteiger partial charge in [-0.15, -0.1) is 0 Å². The molecule has 0 saturated carbocycles. The summed E-state index contributed by atoms with van der Waals surface area (Å²) in [5.74, 6) is 0.715. The number of primary amides is 1. The maximum absolute atomic E-state index is 12.0. The van der Waals surface area contributed by atoms with E-state index in [1.165, 1.54) is 6.20 Å². The minimum Gasteiger partial charge on any atom is -0.478 e. The molecule has 9 nitrogen and oxygen atoms in total. The van der Waals surface area contributed by atoms with Gasteiger partial charge >= 0.3 is 0 Å². The number of benzene rings is 1.